The number of anilines is 3. The number of nitrogens with zero attached hydrogens (tertiary/aromatic N) is 7. The van der Waals surface area contributed by atoms with Crippen LogP contribution in [0, 0.1) is 0 Å². The molecule has 0 aliphatic carbocycles. The van der Waals surface area contributed by atoms with Crippen LogP contribution in [-0.4, -0.2) is 57.7 Å². The van der Waals surface area contributed by atoms with E-state index < -0.39 is 0 Å². The van der Waals surface area contributed by atoms with E-state index in [1.807, 2.05) is 38.4 Å². The average molecular weight is 344 g/mol. The first-order valence-corrected chi connectivity index (χ1v) is 8.86. The maximum absolute atomic E-state index is 4.60. The van der Waals surface area contributed by atoms with Crippen molar-refractivity contribution in [1.82, 2.24) is 24.5 Å². The fraction of sp³-hybridized carbons (Fsp3) is 0.647. The predicted octanol–water partition coefficient (Wildman–Crippen LogP) is 1.88. The Kier molecular flexibility index (Phi) is 5.06. The van der Waals surface area contributed by atoms with E-state index in [4.69, 9.17) is 0 Å². The molecule has 0 amide bonds. The molecule has 0 unspecified atom stereocenters. The highest BCUT2D eigenvalue weighted by atomic mass is 15.3. The fourth-order valence-corrected chi connectivity index (χ4v) is 2.97. The number of hydrogen-bond donors (Lipinski definition) is 1. The number of aryl methyl sites for hydroxylation is 1. The van der Waals surface area contributed by atoms with Crippen molar-refractivity contribution >= 4 is 17.8 Å². The van der Waals surface area contributed by atoms with Gasteiger partial charge in [-0.25, -0.2) is 4.98 Å². The zero-order valence-electron chi connectivity index (χ0n) is 15.8. The summed E-state index contributed by atoms with van der Waals surface area (Å²) in [4.78, 5) is 22.4. The van der Waals surface area contributed by atoms with Crippen molar-refractivity contribution in [1.29, 1.82) is 0 Å². The number of rotatable bonds is 5. The number of nitrogens with one attached hydrogen (secondary N) is 1. The summed E-state index contributed by atoms with van der Waals surface area (Å²) in [5.74, 6) is 3.51. The number of piperidine rings is 1. The standard InChI is InChI=1S/C17H28N8/c1-12(2)14-20-15(22-16(21-14)23(3)4)19-13-6-9-25(10-7-13)17-18-8-11-24(17)5/h8,11-13H,6-7,9-10H2,1-5H3,(H,19,20,21,22). The van der Waals surface area contributed by atoms with Crippen LogP contribution in [0.3, 0.4) is 0 Å². The summed E-state index contributed by atoms with van der Waals surface area (Å²) in [6.45, 7) is 6.16. The zero-order chi connectivity index (χ0) is 18.0. The van der Waals surface area contributed by atoms with Gasteiger partial charge in [-0.1, -0.05) is 13.8 Å². The highest BCUT2D eigenvalue weighted by Gasteiger charge is 2.22. The van der Waals surface area contributed by atoms with Crippen molar-refractivity contribution in [2.45, 2.75) is 38.6 Å². The van der Waals surface area contributed by atoms with Gasteiger partial charge in [0.15, 0.2) is 0 Å². The summed E-state index contributed by atoms with van der Waals surface area (Å²) in [6, 6.07) is 0.369. The van der Waals surface area contributed by atoms with Crippen LogP contribution in [0.4, 0.5) is 17.8 Å². The van der Waals surface area contributed by atoms with Gasteiger partial charge in [-0.15, -0.1) is 0 Å². The van der Waals surface area contributed by atoms with Gasteiger partial charge >= 0.3 is 0 Å². The van der Waals surface area contributed by atoms with Gasteiger partial charge in [-0.05, 0) is 12.8 Å². The molecule has 0 aromatic carbocycles. The highest BCUT2D eigenvalue weighted by molar-refractivity contribution is 5.38. The van der Waals surface area contributed by atoms with E-state index >= 15 is 0 Å². The largest absolute Gasteiger partial charge is 0.351 e. The van der Waals surface area contributed by atoms with Crippen LogP contribution in [0.25, 0.3) is 0 Å². The Hall–Kier alpha value is -2.38. The first-order valence-electron chi connectivity index (χ1n) is 8.86. The molecule has 0 radical (unpaired) electrons. The first kappa shape index (κ1) is 17.4. The lowest BCUT2D eigenvalue weighted by atomic mass is 10.1. The van der Waals surface area contributed by atoms with Gasteiger partial charge in [0.1, 0.15) is 5.82 Å². The van der Waals surface area contributed by atoms with Gasteiger partial charge < -0.3 is 19.7 Å². The second kappa shape index (κ2) is 7.25. The average Bonchev–Trinajstić information content (AvgIpc) is 3.01. The summed E-state index contributed by atoms with van der Waals surface area (Å²) in [5.41, 5.74) is 0. The Morgan fingerprint density at radius 3 is 2.44 bits per heavy atom. The maximum Gasteiger partial charge on any atom is 0.229 e. The number of aromatic nitrogens is 5. The van der Waals surface area contributed by atoms with Gasteiger partial charge in [0.2, 0.25) is 17.8 Å². The molecule has 3 heterocycles. The molecule has 8 heteroatoms. The van der Waals surface area contributed by atoms with Crippen LogP contribution in [0.1, 0.15) is 38.4 Å². The molecule has 25 heavy (non-hydrogen) atoms. The summed E-state index contributed by atoms with van der Waals surface area (Å²) in [7, 11) is 5.94. The van der Waals surface area contributed by atoms with E-state index in [9.17, 15) is 0 Å². The third-order valence-corrected chi connectivity index (χ3v) is 4.46. The molecule has 0 bridgehead atoms. The van der Waals surface area contributed by atoms with E-state index in [0.717, 1.165) is 37.7 Å². The molecule has 0 spiro atoms. The van der Waals surface area contributed by atoms with Gasteiger partial charge in [0.05, 0.1) is 0 Å². The van der Waals surface area contributed by atoms with Crippen molar-refractivity contribution in [3.63, 3.8) is 0 Å². The second-order valence-corrected chi connectivity index (χ2v) is 7.11. The molecule has 1 saturated heterocycles. The van der Waals surface area contributed by atoms with Crippen LogP contribution >= 0.6 is 0 Å². The van der Waals surface area contributed by atoms with Crippen molar-refractivity contribution in [3.8, 4) is 0 Å². The Labute approximate surface area is 149 Å². The zero-order valence-corrected chi connectivity index (χ0v) is 15.8. The quantitative estimate of drug-likeness (QED) is 0.887. The Morgan fingerprint density at radius 2 is 1.88 bits per heavy atom. The summed E-state index contributed by atoms with van der Waals surface area (Å²) in [6.07, 6.45) is 5.90. The minimum atomic E-state index is 0.271. The smallest absolute Gasteiger partial charge is 0.229 e. The van der Waals surface area contributed by atoms with Crippen LogP contribution in [0.5, 0.6) is 0 Å². The van der Waals surface area contributed by atoms with Crippen molar-refractivity contribution in [2.24, 2.45) is 7.05 Å². The SMILES string of the molecule is CC(C)c1nc(NC2CCN(c3nccn3C)CC2)nc(N(C)C)n1. The van der Waals surface area contributed by atoms with Gasteiger partial charge in [-0.2, -0.15) is 15.0 Å². The van der Waals surface area contributed by atoms with Gasteiger partial charge in [0, 0.05) is 58.6 Å². The second-order valence-electron chi connectivity index (χ2n) is 7.11. The Morgan fingerprint density at radius 1 is 1.16 bits per heavy atom. The molecule has 8 nitrogen and oxygen atoms in total. The molecule has 1 fully saturated rings. The van der Waals surface area contributed by atoms with Gasteiger partial charge in [0.25, 0.3) is 0 Å². The van der Waals surface area contributed by atoms with Crippen LogP contribution < -0.4 is 15.1 Å². The van der Waals surface area contributed by atoms with Crippen molar-refractivity contribution in [2.75, 3.05) is 42.3 Å². The van der Waals surface area contributed by atoms with Gasteiger partial charge in [-0.3, -0.25) is 0 Å². The topological polar surface area (TPSA) is 75.0 Å². The molecule has 1 aliphatic heterocycles. The molecule has 3 rings (SSSR count). The molecule has 2 aromatic heterocycles. The van der Waals surface area contributed by atoms with E-state index in [1.165, 1.54) is 0 Å². The van der Waals surface area contributed by atoms with E-state index in [-0.39, 0.29) is 5.92 Å². The lowest BCUT2D eigenvalue weighted by Crippen LogP contribution is -2.40. The molecule has 136 valence electrons. The summed E-state index contributed by atoms with van der Waals surface area (Å²) < 4.78 is 2.07. The molecule has 0 atom stereocenters. The van der Waals surface area contributed by atoms with Crippen LogP contribution in [0.15, 0.2) is 12.4 Å². The van der Waals surface area contributed by atoms with Crippen LogP contribution in [-0.2, 0) is 7.05 Å². The van der Waals surface area contributed by atoms with E-state index in [0.29, 0.717) is 17.9 Å². The molecule has 2 aromatic rings. The molecule has 1 aliphatic rings. The fourth-order valence-electron chi connectivity index (χ4n) is 2.97. The minimum absolute atomic E-state index is 0.271. The summed E-state index contributed by atoms with van der Waals surface area (Å²) in [5, 5.41) is 3.51. The molecule has 1 N–H and O–H groups in total. The third-order valence-electron chi connectivity index (χ3n) is 4.46. The van der Waals surface area contributed by atoms with E-state index in [1.54, 1.807) is 0 Å². The third kappa shape index (κ3) is 4.00. The normalized spacial score (nSPS) is 15.7. The highest BCUT2D eigenvalue weighted by Crippen LogP contribution is 2.21. The first-order chi connectivity index (χ1) is 11.9. The summed E-state index contributed by atoms with van der Waals surface area (Å²) >= 11 is 0. The van der Waals surface area contributed by atoms with Crippen molar-refractivity contribution in [3.05, 3.63) is 18.2 Å². The van der Waals surface area contributed by atoms with E-state index in [2.05, 4.69) is 48.6 Å². The minimum Gasteiger partial charge on any atom is -0.351 e. The Bertz CT molecular complexity index is 674. The molecular formula is C17H28N8. The van der Waals surface area contributed by atoms with Crippen LogP contribution in [0.2, 0.25) is 0 Å². The number of hydrogen-bond acceptors (Lipinski definition) is 7. The lowest BCUT2D eigenvalue weighted by Gasteiger charge is -2.33. The maximum atomic E-state index is 4.60. The number of imidazole rings is 1. The lowest BCUT2D eigenvalue weighted by molar-refractivity contribution is 0.513. The molecular weight excluding hydrogens is 316 g/mol. The monoisotopic (exact) mass is 344 g/mol. The predicted molar refractivity (Wildman–Crippen MR) is 100 cm³/mol. The molecule has 0 saturated carbocycles. The Balaban J connectivity index is 1.66. The van der Waals surface area contributed by atoms with Crippen molar-refractivity contribution < 1.29 is 0 Å².